The van der Waals surface area contributed by atoms with Crippen LogP contribution in [0.15, 0.2) is 47.6 Å². The topological polar surface area (TPSA) is 45.2 Å². The molecule has 2 aromatic rings. The van der Waals surface area contributed by atoms with Crippen molar-refractivity contribution in [1.29, 1.82) is 0 Å². The molecule has 0 aliphatic carbocycles. The fourth-order valence-electron chi connectivity index (χ4n) is 2.25. The van der Waals surface area contributed by atoms with Gasteiger partial charge in [-0.2, -0.15) is 0 Å². The summed E-state index contributed by atoms with van der Waals surface area (Å²) in [5.74, 6) is -0.113. The van der Waals surface area contributed by atoms with Crippen LogP contribution in [0.1, 0.15) is 29.8 Å². The van der Waals surface area contributed by atoms with Crippen molar-refractivity contribution in [3.05, 3.63) is 53.7 Å². The number of benzene rings is 1. The molecule has 2 rings (SSSR count). The van der Waals surface area contributed by atoms with Crippen molar-refractivity contribution >= 4 is 23.4 Å². The molecule has 0 saturated heterocycles. The number of nitrogens with zero attached hydrogens (tertiary/aromatic N) is 2. The summed E-state index contributed by atoms with van der Waals surface area (Å²) in [6, 6.07) is 11.5. The maximum atomic E-state index is 12.3. The molecule has 1 aromatic heterocycles. The highest BCUT2D eigenvalue weighted by molar-refractivity contribution is 7.98. The van der Waals surface area contributed by atoms with Crippen LogP contribution in [0, 0.1) is 0 Å². The Morgan fingerprint density at radius 1 is 1.13 bits per heavy atom. The third kappa shape index (κ3) is 5.08. The average molecular weight is 329 g/mol. The Morgan fingerprint density at radius 3 is 2.35 bits per heavy atom. The van der Waals surface area contributed by atoms with Gasteiger partial charge in [0, 0.05) is 12.1 Å². The number of rotatable bonds is 7. The van der Waals surface area contributed by atoms with Crippen LogP contribution in [-0.2, 0) is 6.54 Å². The van der Waals surface area contributed by atoms with E-state index in [1.54, 1.807) is 18.0 Å². The van der Waals surface area contributed by atoms with E-state index in [9.17, 15) is 4.79 Å². The van der Waals surface area contributed by atoms with E-state index in [0.717, 1.165) is 24.7 Å². The number of anilines is 1. The molecule has 1 N–H and O–H groups in total. The number of nitrogens with one attached hydrogen (secondary N) is 1. The van der Waals surface area contributed by atoms with E-state index in [-0.39, 0.29) is 5.91 Å². The fourth-order valence-corrected chi connectivity index (χ4v) is 2.61. The van der Waals surface area contributed by atoms with E-state index in [4.69, 9.17) is 0 Å². The van der Waals surface area contributed by atoms with Gasteiger partial charge < -0.3 is 5.32 Å². The molecule has 0 aliphatic rings. The molecule has 4 nitrogen and oxygen atoms in total. The lowest BCUT2D eigenvalue weighted by atomic mass is 10.1. The molecule has 0 aliphatic heterocycles. The Labute approximate surface area is 142 Å². The molecule has 0 fully saturated rings. The molecule has 1 amide bonds. The summed E-state index contributed by atoms with van der Waals surface area (Å²) in [4.78, 5) is 18.9. The highest BCUT2D eigenvalue weighted by atomic mass is 32.2. The molecule has 0 bridgehead atoms. The highest BCUT2D eigenvalue weighted by Crippen LogP contribution is 2.15. The van der Waals surface area contributed by atoms with Crippen molar-refractivity contribution in [3.8, 4) is 0 Å². The number of hydrogen-bond acceptors (Lipinski definition) is 4. The number of pyridine rings is 1. The molecule has 122 valence electrons. The van der Waals surface area contributed by atoms with E-state index < -0.39 is 0 Å². The summed E-state index contributed by atoms with van der Waals surface area (Å²) in [6.45, 7) is 7.27. The molecule has 1 aromatic carbocycles. The minimum absolute atomic E-state index is 0.113. The van der Waals surface area contributed by atoms with Crippen LogP contribution < -0.4 is 5.32 Å². The van der Waals surface area contributed by atoms with Crippen molar-refractivity contribution in [3.63, 3.8) is 0 Å². The summed E-state index contributed by atoms with van der Waals surface area (Å²) in [7, 11) is 0. The van der Waals surface area contributed by atoms with Gasteiger partial charge >= 0.3 is 0 Å². The van der Waals surface area contributed by atoms with Crippen LogP contribution in [-0.4, -0.2) is 35.1 Å². The molecule has 0 spiro atoms. The summed E-state index contributed by atoms with van der Waals surface area (Å²) in [5.41, 5.74) is 2.58. The molecule has 1 heterocycles. The van der Waals surface area contributed by atoms with E-state index in [0.29, 0.717) is 11.3 Å². The standard InChI is InChI=1S/C18H23N3OS/c1-4-21(5-2)13-14-6-8-15(9-7-14)18(22)20-16-10-11-17(23-3)19-12-16/h6-12H,4-5,13H2,1-3H3,(H,20,22). The molecule has 23 heavy (non-hydrogen) atoms. The highest BCUT2D eigenvalue weighted by Gasteiger charge is 2.07. The van der Waals surface area contributed by atoms with Gasteiger partial charge in [-0.25, -0.2) is 4.98 Å². The number of carbonyl (C=O) groups is 1. The largest absolute Gasteiger partial charge is 0.321 e. The first-order chi connectivity index (χ1) is 11.2. The maximum absolute atomic E-state index is 12.3. The molecular weight excluding hydrogens is 306 g/mol. The van der Waals surface area contributed by atoms with Gasteiger partial charge in [-0.15, -0.1) is 11.8 Å². The normalized spacial score (nSPS) is 10.8. The fraction of sp³-hybridized carbons (Fsp3) is 0.333. The third-order valence-electron chi connectivity index (χ3n) is 3.72. The van der Waals surface area contributed by atoms with E-state index >= 15 is 0 Å². The molecular formula is C18H23N3OS. The van der Waals surface area contributed by atoms with Crippen LogP contribution in [0.4, 0.5) is 5.69 Å². The molecule has 5 heteroatoms. The van der Waals surface area contributed by atoms with Gasteiger partial charge in [0.15, 0.2) is 0 Å². The number of aromatic nitrogens is 1. The van der Waals surface area contributed by atoms with Gasteiger partial charge in [0.25, 0.3) is 5.91 Å². The monoisotopic (exact) mass is 329 g/mol. The second-order valence-corrected chi connectivity index (χ2v) is 6.03. The lowest BCUT2D eigenvalue weighted by molar-refractivity contribution is 0.102. The van der Waals surface area contributed by atoms with Crippen molar-refractivity contribution in [2.45, 2.75) is 25.4 Å². The lowest BCUT2D eigenvalue weighted by Gasteiger charge is -2.18. The van der Waals surface area contributed by atoms with Gasteiger partial charge in [0.2, 0.25) is 0 Å². The average Bonchev–Trinajstić information content (AvgIpc) is 2.60. The lowest BCUT2D eigenvalue weighted by Crippen LogP contribution is -2.22. The number of carbonyl (C=O) groups excluding carboxylic acids is 1. The number of amides is 1. The Hall–Kier alpha value is -1.85. The zero-order chi connectivity index (χ0) is 16.7. The van der Waals surface area contributed by atoms with Crippen LogP contribution in [0.2, 0.25) is 0 Å². The summed E-state index contributed by atoms with van der Waals surface area (Å²) >= 11 is 1.57. The Balaban J connectivity index is 1.99. The number of hydrogen-bond donors (Lipinski definition) is 1. The Morgan fingerprint density at radius 2 is 1.83 bits per heavy atom. The molecule has 0 radical (unpaired) electrons. The van der Waals surface area contributed by atoms with Crippen LogP contribution >= 0.6 is 11.8 Å². The second-order valence-electron chi connectivity index (χ2n) is 5.20. The van der Waals surface area contributed by atoms with Gasteiger partial charge in [0.1, 0.15) is 0 Å². The van der Waals surface area contributed by atoms with Gasteiger partial charge in [0.05, 0.1) is 16.9 Å². The minimum Gasteiger partial charge on any atom is -0.321 e. The quantitative estimate of drug-likeness (QED) is 0.783. The van der Waals surface area contributed by atoms with Crippen LogP contribution in [0.3, 0.4) is 0 Å². The van der Waals surface area contributed by atoms with Gasteiger partial charge in [-0.1, -0.05) is 26.0 Å². The predicted molar refractivity (Wildman–Crippen MR) is 97.0 cm³/mol. The van der Waals surface area contributed by atoms with Crippen LogP contribution in [0.25, 0.3) is 0 Å². The predicted octanol–water partition coefficient (Wildman–Crippen LogP) is 3.90. The summed E-state index contributed by atoms with van der Waals surface area (Å²) < 4.78 is 0. The zero-order valence-corrected chi connectivity index (χ0v) is 14.7. The molecule has 0 atom stereocenters. The van der Waals surface area contributed by atoms with Crippen molar-refractivity contribution in [2.24, 2.45) is 0 Å². The molecule has 0 saturated carbocycles. The van der Waals surface area contributed by atoms with Crippen molar-refractivity contribution in [2.75, 3.05) is 24.7 Å². The Bertz CT molecular complexity index is 622. The second kappa shape index (κ2) is 8.70. The van der Waals surface area contributed by atoms with Gasteiger partial charge in [-0.05, 0) is 49.2 Å². The molecule has 0 unspecified atom stereocenters. The first-order valence-electron chi connectivity index (χ1n) is 7.79. The first kappa shape index (κ1) is 17.5. The van der Waals surface area contributed by atoms with E-state index in [2.05, 4.69) is 29.0 Å². The van der Waals surface area contributed by atoms with Crippen LogP contribution in [0.5, 0.6) is 0 Å². The maximum Gasteiger partial charge on any atom is 0.255 e. The summed E-state index contributed by atoms with van der Waals surface area (Å²) in [5, 5.41) is 3.81. The first-order valence-corrected chi connectivity index (χ1v) is 9.01. The summed E-state index contributed by atoms with van der Waals surface area (Å²) in [6.07, 6.45) is 3.65. The minimum atomic E-state index is -0.113. The smallest absolute Gasteiger partial charge is 0.255 e. The van der Waals surface area contributed by atoms with Crippen molar-refractivity contribution < 1.29 is 4.79 Å². The Kier molecular flexibility index (Phi) is 6.62. The zero-order valence-electron chi connectivity index (χ0n) is 13.9. The third-order valence-corrected chi connectivity index (χ3v) is 4.38. The SMILES string of the molecule is CCN(CC)Cc1ccc(C(=O)Nc2ccc(SC)nc2)cc1. The van der Waals surface area contributed by atoms with E-state index in [1.165, 1.54) is 5.56 Å². The van der Waals surface area contributed by atoms with Crippen molar-refractivity contribution in [1.82, 2.24) is 9.88 Å². The number of thioether (sulfide) groups is 1. The van der Waals surface area contributed by atoms with Gasteiger partial charge in [-0.3, -0.25) is 9.69 Å². The van der Waals surface area contributed by atoms with E-state index in [1.807, 2.05) is 42.7 Å².